The number of nitrogen functional groups attached to an aromatic ring is 1. The Bertz CT molecular complexity index is 413. The van der Waals surface area contributed by atoms with Crippen LogP contribution in [0, 0.1) is 0 Å². The molecule has 18 heavy (non-hydrogen) atoms. The minimum absolute atomic E-state index is 0.0864. The zero-order valence-electron chi connectivity index (χ0n) is 11.5. The van der Waals surface area contributed by atoms with E-state index >= 15 is 0 Å². The maximum atomic E-state index is 6.08. The highest BCUT2D eigenvalue weighted by Crippen LogP contribution is 2.36. The lowest BCUT2D eigenvalue weighted by molar-refractivity contribution is 0.113. The van der Waals surface area contributed by atoms with Crippen molar-refractivity contribution in [2.45, 2.75) is 62.0 Å². The van der Waals surface area contributed by atoms with E-state index in [1.54, 1.807) is 23.5 Å². The van der Waals surface area contributed by atoms with Crippen molar-refractivity contribution in [1.29, 1.82) is 0 Å². The van der Waals surface area contributed by atoms with Crippen LogP contribution >= 0.6 is 11.8 Å². The largest absolute Gasteiger partial charge is 0.380 e. The van der Waals surface area contributed by atoms with Crippen LogP contribution in [-0.4, -0.2) is 33.3 Å². The zero-order valence-corrected chi connectivity index (χ0v) is 12.3. The monoisotopic (exact) mass is 270 g/mol. The molecule has 0 aromatic carbocycles. The van der Waals surface area contributed by atoms with E-state index in [1.165, 1.54) is 6.42 Å². The molecule has 1 aliphatic rings. The van der Waals surface area contributed by atoms with Gasteiger partial charge in [-0.25, -0.2) is 4.68 Å². The van der Waals surface area contributed by atoms with Gasteiger partial charge >= 0.3 is 0 Å². The number of hydrogen-bond donors (Lipinski definition) is 1. The van der Waals surface area contributed by atoms with Crippen molar-refractivity contribution in [2.75, 3.05) is 13.0 Å². The molecule has 1 saturated carbocycles. The second-order valence-corrected chi connectivity index (χ2v) is 6.99. The highest BCUT2D eigenvalue weighted by Gasteiger charge is 2.31. The van der Waals surface area contributed by atoms with Crippen molar-refractivity contribution >= 4 is 11.8 Å². The highest BCUT2D eigenvalue weighted by atomic mass is 32.2. The Hall–Kier alpha value is -0.750. The van der Waals surface area contributed by atoms with E-state index in [-0.39, 0.29) is 5.41 Å². The molecule has 2 rings (SSSR count). The lowest BCUT2D eigenvalue weighted by Crippen LogP contribution is -2.25. The van der Waals surface area contributed by atoms with Crippen LogP contribution in [0.1, 0.15) is 45.9 Å². The third kappa shape index (κ3) is 2.64. The van der Waals surface area contributed by atoms with E-state index in [1.807, 2.05) is 0 Å². The van der Waals surface area contributed by atoms with Gasteiger partial charge in [0.25, 0.3) is 0 Å². The van der Waals surface area contributed by atoms with Gasteiger partial charge in [-0.1, -0.05) is 32.5 Å². The molecule has 5 nitrogen and oxygen atoms in total. The molecule has 0 radical (unpaired) electrons. The van der Waals surface area contributed by atoms with Gasteiger partial charge in [-0.15, -0.1) is 10.2 Å². The number of nitrogens with two attached hydrogens (primary N) is 1. The smallest absolute Gasteiger partial charge is 0.210 e. The maximum absolute atomic E-state index is 6.08. The first kappa shape index (κ1) is 13.7. The second-order valence-electron chi connectivity index (χ2n) is 5.79. The van der Waals surface area contributed by atoms with E-state index in [9.17, 15) is 0 Å². The van der Waals surface area contributed by atoms with Crippen LogP contribution in [0.25, 0.3) is 0 Å². The number of thioether (sulfide) groups is 1. The fourth-order valence-electron chi connectivity index (χ4n) is 2.30. The predicted octanol–water partition coefficient (Wildman–Crippen LogP) is 1.95. The summed E-state index contributed by atoms with van der Waals surface area (Å²) in [5, 5.41) is 9.64. The molecule has 0 bridgehead atoms. The molecule has 6 heteroatoms. The van der Waals surface area contributed by atoms with E-state index < -0.39 is 0 Å². The van der Waals surface area contributed by atoms with E-state index in [2.05, 4.69) is 31.0 Å². The van der Waals surface area contributed by atoms with Gasteiger partial charge in [0.05, 0.1) is 6.10 Å². The third-order valence-electron chi connectivity index (χ3n) is 3.29. The number of hydrogen-bond acceptors (Lipinski definition) is 5. The van der Waals surface area contributed by atoms with Crippen molar-refractivity contribution in [3.05, 3.63) is 5.82 Å². The van der Waals surface area contributed by atoms with Crippen LogP contribution in [0.5, 0.6) is 0 Å². The molecule has 2 N–H and O–H groups in total. The summed E-state index contributed by atoms with van der Waals surface area (Å²) in [6.07, 6.45) is 3.80. The van der Waals surface area contributed by atoms with Crippen molar-refractivity contribution in [3.8, 4) is 0 Å². The molecule has 0 unspecified atom stereocenters. The molecule has 1 aliphatic carbocycles. The Kier molecular flexibility index (Phi) is 3.87. The zero-order chi connectivity index (χ0) is 13.3. The van der Waals surface area contributed by atoms with Crippen LogP contribution in [0.4, 0.5) is 0 Å². The van der Waals surface area contributed by atoms with Gasteiger partial charge in [0.1, 0.15) is 0 Å². The predicted molar refractivity (Wildman–Crippen MR) is 73.2 cm³/mol. The molecule has 1 aromatic rings. The van der Waals surface area contributed by atoms with Crippen LogP contribution in [0.3, 0.4) is 0 Å². The number of rotatable bonds is 3. The summed E-state index contributed by atoms with van der Waals surface area (Å²) in [6, 6.07) is 0. The summed E-state index contributed by atoms with van der Waals surface area (Å²) in [4.78, 5) is 0. The molecule has 0 saturated heterocycles. The number of ether oxygens (including phenoxy) is 1. The van der Waals surface area contributed by atoms with Gasteiger partial charge in [-0.05, 0) is 19.3 Å². The normalized spacial score (nSPS) is 24.7. The first-order valence-electron chi connectivity index (χ1n) is 6.34. The van der Waals surface area contributed by atoms with Gasteiger partial charge in [0.15, 0.2) is 5.82 Å². The van der Waals surface area contributed by atoms with Gasteiger partial charge in [0.2, 0.25) is 5.16 Å². The highest BCUT2D eigenvalue weighted by molar-refractivity contribution is 7.99. The lowest BCUT2D eigenvalue weighted by atomic mass is 9.96. The molecular formula is C12H22N4OS. The topological polar surface area (TPSA) is 66.0 Å². The molecule has 1 heterocycles. The Morgan fingerprint density at radius 3 is 2.61 bits per heavy atom. The SMILES string of the molecule is CO[C@@H]1CCC[C@H]1Sc1nnc(C(C)(C)C)n1N. The first-order chi connectivity index (χ1) is 8.43. The Morgan fingerprint density at radius 2 is 2.06 bits per heavy atom. The van der Waals surface area contributed by atoms with E-state index in [0.717, 1.165) is 23.8 Å². The maximum Gasteiger partial charge on any atom is 0.210 e. The second kappa shape index (κ2) is 5.09. The molecule has 0 aliphatic heterocycles. The molecule has 1 fully saturated rings. The van der Waals surface area contributed by atoms with Crippen LogP contribution in [0.15, 0.2) is 5.16 Å². The Morgan fingerprint density at radius 1 is 1.33 bits per heavy atom. The first-order valence-corrected chi connectivity index (χ1v) is 7.22. The molecule has 1 aromatic heterocycles. The molecular weight excluding hydrogens is 248 g/mol. The Balaban J connectivity index is 2.13. The number of methoxy groups -OCH3 is 1. The summed E-state index contributed by atoms with van der Waals surface area (Å²) in [6.45, 7) is 6.26. The summed E-state index contributed by atoms with van der Waals surface area (Å²) >= 11 is 1.69. The molecule has 0 amide bonds. The van der Waals surface area contributed by atoms with Crippen LogP contribution in [-0.2, 0) is 10.2 Å². The minimum Gasteiger partial charge on any atom is -0.380 e. The summed E-state index contributed by atoms with van der Waals surface area (Å²) in [5.74, 6) is 6.90. The molecule has 102 valence electrons. The van der Waals surface area contributed by atoms with E-state index in [0.29, 0.717) is 11.4 Å². The average molecular weight is 270 g/mol. The van der Waals surface area contributed by atoms with Gasteiger partial charge in [-0.3, -0.25) is 0 Å². The van der Waals surface area contributed by atoms with Crippen molar-refractivity contribution in [3.63, 3.8) is 0 Å². The average Bonchev–Trinajstić information content (AvgIpc) is 2.86. The summed E-state index contributed by atoms with van der Waals surface area (Å²) in [7, 11) is 1.78. The summed E-state index contributed by atoms with van der Waals surface area (Å²) in [5.41, 5.74) is -0.0864. The van der Waals surface area contributed by atoms with Crippen LogP contribution < -0.4 is 5.84 Å². The minimum atomic E-state index is -0.0864. The van der Waals surface area contributed by atoms with Crippen LogP contribution in [0.2, 0.25) is 0 Å². The third-order valence-corrected chi connectivity index (χ3v) is 4.62. The van der Waals surface area contributed by atoms with Crippen molar-refractivity contribution < 1.29 is 4.74 Å². The van der Waals surface area contributed by atoms with Gasteiger partial charge in [0, 0.05) is 17.8 Å². The standard InChI is InChI=1S/C12H22N4OS/c1-12(2,3)10-14-15-11(16(10)13)18-9-7-5-6-8(9)17-4/h8-9H,5-7,13H2,1-4H3/t8-,9-/m1/s1. The van der Waals surface area contributed by atoms with Gasteiger partial charge < -0.3 is 10.6 Å². The molecule has 0 spiro atoms. The number of aromatic nitrogens is 3. The summed E-state index contributed by atoms with van der Waals surface area (Å²) < 4.78 is 7.11. The fourth-order valence-corrected chi connectivity index (χ4v) is 3.54. The molecule has 2 atom stereocenters. The van der Waals surface area contributed by atoms with Crippen molar-refractivity contribution in [2.24, 2.45) is 0 Å². The van der Waals surface area contributed by atoms with Gasteiger partial charge in [-0.2, -0.15) is 0 Å². The lowest BCUT2D eigenvalue weighted by Gasteiger charge is -2.18. The fraction of sp³-hybridized carbons (Fsp3) is 0.833. The quantitative estimate of drug-likeness (QED) is 0.850. The van der Waals surface area contributed by atoms with Crippen molar-refractivity contribution in [1.82, 2.24) is 14.9 Å². The number of nitrogens with zero attached hydrogens (tertiary/aromatic N) is 3. The van der Waals surface area contributed by atoms with E-state index in [4.69, 9.17) is 10.6 Å². The Labute approximate surface area is 112 Å².